The largest absolute Gasteiger partial charge is 0.534 e. The number of hydrogen-bond acceptors (Lipinski definition) is 6. The predicted octanol–water partition coefficient (Wildman–Crippen LogP) is 2.49. The molecule has 0 radical (unpaired) electrons. The van der Waals surface area contributed by atoms with Gasteiger partial charge in [0.15, 0.2) is 11.6 Å². The molecule has 3 rings (SSSR count). The van der Waals surface area contributed by atoms with Crippen LogP contribution in [0.25, 0.3) is 10.9 Å². The first-order chi connectivity index (χ1) is 12.5. The normalized spacial score (nSPS) is 15.0. The number of carbonyl (C=O) groups is 1. The number of alkyl halides is 3. The van der Waals surface area contributed by atoms with Gasteiger partial charge in [-0.15, -0.1) is 0 Å². The number of ether oxygens (including phenoxy) is 1. The first-order valence-corrected chi connectivity index (χ1v) is 8.84. The van der Waals surface area contributed by atoms with Crippen molar-refractivity contribution >= 4 is 27.0 Å². The van der Waals surface area contributed by atoms with Crippen LogP contribution in [0.1, 0.15) is 29.2 Å². The number of benzene rings is 1. The van der Waals surface area contributed by atoms with Crippen LogP contribution in [0.5, 0.6) is 5.75 Å². The van der Waals surface area contributed by atoms with Gasteiger partial charge in [-0.05, 0) is 18.9 Å². The molecular weight excluding hydrogens is 398 g/mol. The number of nitrogens with zero attached hydrogens (tertiary/aromatic N) is 1. The number of aromatic nitrogens is 1. The first-order valence-electron chi connectivity index (χ1n) is 7.43. The fraction of sp³-hybridized carbons (Fsp3) is 0.333. The number of methoxy groups -OCH3 is 1. The molecule has 1 fully saturated rings. The Morgan fingerprint density at radius 2 is 1.89 bits per heavy atom. The number of halogens is 4. The van der Waals surface area contributed by atoms with Crippen molar-refractivity contribution in [1.29, 1.82) is 0 Å². The maximum atomic E-state index is 14.2. The molecule has 0 bridgehead atoms. The second kappa shape index (κ2) is 6.22. The lowest BCUT2D eigenvalue weighted by Gasteiger charge is -2.15. The average Bonchev–Trinajstić information content (AvgIpc) is 3.39. The van der Waals surface area contributed by atoms with E-state index in [2.05, 4.69) is 8.92 Å². The molecule has 0 aliphatic heterocycles. The standard InChI is InChI=1S/C15H11F4NO6S/c1-25-14(22)9-6-20(7-2-3-7)11-5-12(10(16)4-8(11)13(9)21)26-27(23,24)15(17,18)19/h4-7H,2-3H2,1H3. The SMILES string of the molecule is COC(=O)c1cn(C2CC2)c2cc(OS(=O)(=O)C(F)(F)F)c(F)cc2c1=O. The first kappa shape index (κ1) is 19.1. The highest BCUT2D eigenvalue weighted by molar-refractivity contribution is 7.88. The van der Waals surface area contributed by atoms with E-state index in [1.165, 1.54) is 4.57 Å². The third-order valence-corrected chi connectivity index (χ3v) is 4.88. The Morgan fingerprint density at radius 1 is 1.26 bits per heavy atom. The highest BCUT2D eigenvalue weighted by atomic mass is 32.2. The van der Waals surface area contributed by atoms with Crippen LogP contribution >= 0.6 is 0 Å². The number of fused-ring (bicyclic) bond motifs is 1. The third-order valence-electron chi connectivity index (χ3n) is 3.91. The van der Waals surface area contributed by atoms with Gasteiger partial charge in [0.05, 0.1) is 12.6 Å². The van der Waals surface area contributed by atoms with E-state index in [1.54, 1.807) is 0 Å². The summed E-state index contributed by atoms with van der Waals surface area (Å²) in [6.07, 6.45) is 2.44. The zero-order valence-corrected chi connectivity index (χ0v) is 14.4. The molecule has 2 aromatic rings. The minimum absolute atomic E-state index is 0.0658. The molecule has 1 aliphatic carbocycles. The molecule has 0 unspecified atom stereocenters. The Labute approximate surface area is 149 Å². The molecule has 0 amide bonds. The average molecular weight is 409 g/mol. The van der Waals surface area contributed by atoms with Crippen molar-refractivity contribution in [2.75, 3.05) is 7.11 Å². The topological polar surface area (TPSA) is 91.7 Å². The Kier molecular flexibility index (Phi) is 4.41. The van der Waals surface area contributed by atoms with Gasteiger partial charge in [-0.2, -0.15) is 21.6 Å². The number of esters is 1. The summed E-state index contributed by atoms with van der Waals surface area (Å²) in [5.74, 6) is -3.67. The molecule has 12 heteroatoms. The molecule has 1 heterocycles. The van der Waals surface area contributed by atoms with Gasteiger partial charge in [0, 0.05) is 23.7 Å². The summed E-state index contributed by atoms with van der Waals surface area (Å²) in [7, 11) is -5.05. The molecule has 0 spiro atoms. The summed E-state index contributed by atoms with van der Waals surface area (Å²) in [5.41, 5.74) is -7.10. The van der Waals surface area contributed by atoms with Gasteiger partial charge in [0.25, 0.3) is 0 Å². The van der Waals surface area contributed by atoms with Crippen LogP contribution in [0.4, 0.5) is 17.6 Å². The Hall–Kier alpha value is -2.63. The van der Waals surface area contributed by atoms with Crippen LogP contribution < -0.4 is 9.61 Å². The van der Waals surface area contributed by atoms with Gasteiger partial charge in [-0.3, -0.25) is 4.79 Å². The summed E-state index contributed by atoms with van der Waals surface area (Å²) in [5, 5.41) is -0.320. The van der Waals surface area contributed by atoms with E-state index in [-0.39, 0.29) is 22.5 Å². The number of rotatable bonds is 4. The van der Waals surface area contributed by atoms with Crippen molar-refractivity contribution < 1.29 is 39.7 Å². The molecule has 1 aromatic carbocycles. The second-order valence-corrected chi connectivity index (χ2v) is 7.32. The molecule has 146 valence electrons. The van der Waals surface area contributed by atoms with E-state index in [0.717, 1.165) is 13.3 Å². The molecule has 0 atom stereocenters. The quantitative estimate of drug-likeness (QED) is 0.334. The van der Waals surface area contributed by atoms with Crippen molar-refractivity contribution in [3.63, 3.8) is 0 Å². The minimum Gasteiger partial charge on any atom is -0.465 e. The molecule has 1 aliphatic rings. The van der Waals surface area contributed by atoms with E-state index in [1.807, 2.05) is 0 Å². The van der Waals surface area contributed by atoms with Gasteiger partial charge in [0.2, 0.25) is 5.43 Å². The van der Waals surface area contributed by atoms with Crippen molar-refractivity contribution in [3.05, 3.63) is 39.9 Å². The van der Waals surface area contributed by atoms with Gasteiger partial charge < -0.3 is 13.5 Å². The summed E-state index contributed by atoms with van der Waals surface area (Å²) >= 11 is 0. The van der Waals surface area contributed by atoms with Crippen LogP contribution in [0.2, 0.25) is 0 Å². The Bertz CT molecular complexity index is 1100. The number of hydrogen-bond donors (Lipinski definition) is 0. The van der Waals surface area contributed by atoms with Crippen LogP contribution in [-0.2, 0) is 14.9 Å². The molecule has 27 heavy (non-hydrogen) atoms. The number of carbonyl (C=O) groups excluding carboxylic acids is 1. The Morgan fingerprint density at radius 3 is 2.41 bits per heavy atom. The molecule has 1 aromatic heterocycles. The lowest BCUT2D eigenvalue weighted by Crippen LogP contribution is -2.28. The van der Waals surface area contributed by atoms with Gasteiger partial charge in [-0.25, -0.2) is 9.18 Å². The molecule has 0 saturated heterocycles. The van der Waals surface area contributed by atoms with Crippen LogP contribution in [0.3, 0.4) is 0 Å². The lowest BCUT2D eigenvalue weighted by atomic mass is 10.1. The van der Waals surface area contributed by atoms with Crippen molar-refractivity contribution in [3.8, 4) is 5.75 Å². The smallest absolute Gasteiger partial charge is 0.465 e. The summed E-state index contributed by atoms with van der Waals surface area (Å²) < 4.78 is 83.7. The van der Waals surface area contributed by atoms with E-state index in [0.29, 0.717) is 25.0 Å². The van der Waals surface area contributed by atoms with Crippen LogP contribution in [0.15, 0.2) is 23.1 Å². The van der Waals surface area contributed by atoms with E-state index in [4.69, 9.17) is 0 Å². The van der Waals surface area contributed by atoms with Crippen LogP contribution in [-0.4, -0.2) is 31.6 Å². The van der Waals surface area contributed by atoms with E-state index in [9.17, 15) is 35.6 Å². The predicted molar refractivity (Wildman–Crippen MR) is 83.4 cm³/mol. The lowest BCUT2D eigenvalue weighted by molar-refractivity contribution is -0.0500. The van der Waals surface area contributed by atoms with Gasteiger partial charge >= 0.3 is 21.6 Å². The van der Waals surface area contributed by atoms with Crippen LogP contribution in [0, 0.1) is 5.82 Å². The zero-order valence-electron chi connectivity index (χ0n) is 13.5. The van der Waals surface area contributed by atoms with Crippen molar-refractivity contribution in [1.82, 2.24) is 4.57 Å². The highest BCUT2D eigenvalue weighted by Gasteiger charge is 2.49. The zero-order chi connectivity index (χ0) is 20.1. The fourth-order valence-electron chi connectivity index (χ4n) is 2.49. The maximum absolute atomic E-state index is 14.2. The molecule has 1 saturated carbocycles. The molecule has 7 nitrogen and oxygen atoms in total. The van der Waals surface area contributed by atoms with Crippen molar-refractivity contribution in [2.24, 2.45) is 0 Å². The Balaban J connectivity index is 2.24. The van der Waals surface area contributed by atoms with E-state index >= 15 is 0 Å². The van der Waals surface area contributed by atoms with Crippen molar-refractivity contribution in [2.45, 2.75) is 24.4 Å². The minimum atomic E-state index is -6.10. The maximum Gasteiger partial charge on any atom is 0.534 e. The third kappa shape index (κ3) is 3.36. The number of pyridine rings is 1. The van der Waals surface area contributed by atoms with Gasteiger partial charge in [-0.1, -0.05) is 0 Å². The monoisotopic (exact) mass is 409 g/mol. The molecular formula is C15H11F4NO6S. The fourth-order valence-corrected chi connectivity index (χ4v) is 2.95. The second-order valence-electron chi connectivity index (χ2n) is 5.78. The highest BCUT2D eigenvalue weighted by Crippen LogP contribution is 2.38. The van der Waals surface area contributed by atoms with Gasteiger partial charge in [0.1, 0.15) is 5.56 Å². The summed E-state index contributed by atoms with van der Waals surface area (Å²) in [6.45, 7) is 0. The summed E-state index contributed by atoms with van der Waals surface area (Å²) in [4.78, 5) is 24.2. The van der Waals surface area contributed by atoms with E-state index < -0.39 is 38.6 Å². The summed E-state index contributed by atoms with van der Waals surface area (Å²) in [6, 6.07) is 1.04. The molecule has 0 N–H and O–H groups in total.